The van der Waals surface area contributed by atoms with Crippen LogP contribution in [0.3, 0.4) is 0 Å². The number of phenols is 1. The van der Waals surface area contributed by atoms with E-state index in [1.807, 2.05) is 17.0 Å². The predicted octanol–water partition coefficient (Wildman–Crippen LogP) is 2.97. The van der Waals surface area contributed by atoms with Crippen molar-refractivity contribution in [2.75, 3.05) is 25.1 Å². The zero-order chi connectivity index (χ0) is 22.7. The molecule has 1 aliphatic carbocycles. The summed E-state index contributed by atoms with van der Waals surface area (Å²) in [7, 11) is 0. The number of carbonyl (C=O) groups excluding carboxylic acids is 1. The smallest absolute Gasteiger partial charge is 0.317 e. The molecule has 0 bridgehead atoms. The van der Waals surface area contributed by atoms with Crippen LogP contribution in [-0.2, 0) is 9.59 Å². The van der Waals surface area contributed by atoms with Crippen molar-refractivity contribution in [2.24, 2.45) is 10.2 Å². The number of nitrogens with zero attached hydrogens (tertiary/aromatic N) is 4. The van der Waals surface area contributed by atoms with Crippen molar-refractivity contribution in [3.63, 3.8) is 0 Å². The molecule has 0 radical (unpaired) electrons. The lowest BCUT2D eigenvalue weighted by atomic mass is 9.88. The van der Waals surface area contributed by atoms with E-state index < -0.39 is 5.97 Å². The highest BCUT2D eigenvalue weighted by Gasteiger charge is 2.35. The molecule has 1 aromatic carbocycles. The van der Waals surface area contributed by atoms with Gasteiger partial charge in [0.15, 0.2) is 5.71 Å². The summed E-state index contributed by atoms with van der Waals surface area (Å²) in [5, 5.41) is 30.1. The molecular weight excluding hydrogens is 410 g/mol. The van der Waals surface area contributed by atoms with Crippen molar-refractivity contribution in [3.8, 4) is 5.75 Å². The highest BCUT2D eigenvalue weighted by Crippen LogP contribution is 2.38. The van der Waals surface area contributed by atoms with E-state index in [-0.39, 0.29) is 35.9 Å². The molecule has 0 atom stereocenters. The number of nitrogens with one attached hydrogen (secondary N) is 1. The monoisotopic (exact) mass is 441 g/mol. The van der Waals surface area contributed by atoms with Gasteiger partial charge >= 0.3 is 5.97 Å². The van der Waals surface area contributed by atoms with Crippen molar-refractivity contribution in [3.05, 3.63) is 23.8 Å². The second-order valence-electron chi connectivity index (χ2n) is 8.89. The molecule has 2 heterocycles. The van der Waals surface area contributed by atoms with E-state index in [0.29, 0.717) is 24.5 Å². The number of phenolic OH excluding ortho intramolecular Hbond substituents is 1. The van der Waals surface area contributed by atoms with Gasteiger partial charge < -0.3 is 10.2 Å². The second kappa shape index (κ2) is 9.68. The van der Waals surface area contributed by atoms with Crippen molar-refractivity contribution in [1.82, 2.24) is 9.91 Å². The molecule has 4 rings (SSSR count). The highest BCUT2D eigenvalue weighted by molar-refractivity contribution is 6.68. The molecule has 1 aromatic rings. The van der Waals surface area contributed by atoms with E-state index in [0.717, 1.165) is 44.1 Å². The molecule has 0 spiro atoms. The lowest BCUT2D eigenvalue weighted by Crippen LogP contribution is -2.37. The van der Waals surface area contributed by atoms with Gasteiger partial charge in [0.25, 0.3) is 5.91 Å². The summed E-state index contributed by atoms with van der Waals surface area (Å²) in [5.41, 5.74) is 4.99. The van der Waals surface area contributed by atoms with E-state index in [1.165, 1.54) is 6.42 Å². The summed E-state index contributed by atoms with van der Waals surface area (Å²) < 4.78 is 0. The average molecular weight is 442 g/mol. The third kappa shape index (κ3) is 4.77. The minimum atomic E-state index is -0.820. The third-order valence-electron chi connectivity index (χ3n) is 6.67. The Morgan fingerprint density at radius 1 is 1.19 bits per heavy atom. The Morgan fingerprint density at radius 2 is 1.91 bits per heavy atom. The van der Waals surface area contributed by atoms with Crippen LogP contribution in [0.2, 0.25) is 0 Å². The van der Waals surface area contributed by atoms with Crippen molar-refractivity contribution in [1.29, 1.82) is 0 Å². The van der Waals surface area contributed by atoms with E-state index >= 15 is 0 Å². The SMILES string of the molecule is CC1=NN(C2CCCCC2)C(=O)/C1=N\Nc1cccc(C2CCN(CC(=O)O)CC2)c1O. The van der Waals surface area contributed by atoms with Crippen LogP contribution >= 0.6 is 0 Å². The fourth-order valence-corrected chi connectivity index (χ4v) is 4.91. The van der Waals surface area contributed by atoms with Crippen molar-refractivity contribution in [2.45, 2.75) is 63.8 Å². The van der Waals surface area contributed by atoms with Gasteiger partial charge in [-0.05, 0) is 63.2 Å². The Labute approximate surface area is 187 Å². The number of aromatic hydroxyl groups is 1. The van der Waals surface area contributed by atoms with Crippen LogP contribution in [-0.4, -0.2) is 69.1 Å². The Balaban J connectivity index is 1.43. The van der Waals surface area contributed by atoms with E-state index in [4.69, 9.17) is 5.11 Å². The minimum Gasteiger partial charge on any atom is -0.505 e. The number of hydrogen-bond donors (Lipinski definition) is 3. The molecule has 9 nitrogen and oxygen atoms in total. The maximum absolute atomic E-state index is 12.9. The van der Waals surface area contributed by atoms with Gasteiger partial charge in [0.05, 0.1) is 24.0 Å². The summed E-state index contributed by atoms with van der Waals surface area (Å²) in [6.45, 7) is 3.18. The molecule has 1 saturated heterocycles. The standard InChI is InChI=1S/C23H31N5O4/c1-15-21(23(32)28(26-15)17-6-3-2-4-7-17)25-24-19-9-5-8-18(22(19)31)16-10-12-27(13-11-16)14-20(29)30/h5,8-9,16-17,24,31H,2-4,6-7,10-14H2,1H3,(H,29,30)/b25-21-. The number of carboxylic acids is 1. The molecule has 2 aliphatic heterocycles. The number of hydrazone groups is 2. The van der Waals surface area contributed by atoms with E-state index in [9.17, 15) is 14.7 Å². The van der Waals surface area contributed by atoms with Crippen LogP contribution in [0, 0.1) is 0 Å². The number of hydrogen-bond acceptors (Lipinski definition) is 7. The maximum Gasteiger partial charge on any atom is 0.317 e. The minimum absolute atomic E-state index is 0.0462. The molecule has 0 aromatic heterocycles. The predicted molar refractivity (Wildman–Crippen MR) is 122 cm³/mol. The molecule has 0 unspecified atom stereocenters. The lowest BCUT2D eigenvalue weighted by molar-refractivity contribution is -0.138. The highest BCUT2D eigenvalue weighted by atomic mass is 16.4. The number of benzene rings is 1. The van der Waals surface area contributed by atoms with Gasteiger partial charge in [-0.3, -0.25) is 19.9 Å². The molecule has 3 N–H and O–H groups in total. The van der Waals surface area contributed by atoms with Crippen molar-refractivity contribution < 1.29 is 19.8 Å². The first-order valence-electron chi connectivity index (χ1n) is 11.4. The van der Waals surface area contributed by atoms with Gasteiger partial charge in [-0.2, -0.15) is 10.2 Å². The number of likely N-dealkylation sites (tertiary alicyclic amines) is 1. The molecule has 172 valence electrons. The maximum atomic E-state index is 12.9. The van der Waals surface area contributed by atoms with Crippen LogP contribution in [0.1, 0.15) is 63.4 Å². The molecule has 1 saturated carbocycles. The fraction of sp³-hybridized carbons (Fsp3) is 0.565. The summed E-state index contributed by atoms with van der Waals surface area (Å²) >= 11 is 0. The van der Waals surface area contributed by atoms with Crippen LogP contribution in [0.5, 0.6) is 5.75 Å². The average Bonchev–Trinajstić information content (AvgIpc) is 3.07. The summed E-state index contributed by atoms with van der Waals surface area (Å²) in [4.78, 5) is 25.7. The number of aliphatic carboxylic acids is 1. The van der Waals surface area contributed by atoms with Gasteiger partial charge in [-0.15, -0.1) is 0 Å². The number of carboxylic acid groups (broad SMARTS) is 1. The number of para-hydroxylation sites is 1. The van der Waals surface area contributed by atoms with Gasteiger partial charge in [0.1, 0.15) is 5.75 Å². The van der Waals surface area contributed by atoms with Crippen LogP contribution in [0.25, 0.3) is 0 Å². The largest absolute Gasteiger partial charge is 0.505 e. The van der Waals surface area contributed by atoms with Gasteiger partial charge in [-0.25, -0.2) is 5.01 Å². The summed E-state index contributed by atoms with van der Waals surface area (Å²) in [6, 6.07) is 5.62. The molecule has 1 amide bonds. The molecular formula is C23H31N5O4. The zero-order valence-electron chi connectivity index (χ0n) is 18.5. The molecule has 3 aliphatic rings. The first kappa shape index (κ1) is 22.3. The molecule has 32 heavy (non-hydrogen) atoms. The first-order valence-corrected chi connectivity index (χ1v) is 11.4. The van der Waals surface area contributed by atoms with Crippen LogP contribution < -0.4 is 5.43 Å². The van der Waals surface area contributed by atoms with Crippen LogP contribution in [0.15, 0.2) is 28.4 Å². The summed E-state index contributed by atoms with van der Waals surface area (Å²) in [6.07, 6.45) is 6.93. The fourth-order valence-electron chi connectivity index (χ4n) is 4.91. The number of carbonyl (C=O) groups is 2. The first-order chi connectivity index (χ1) is 15.4. The van der Waals surface area contributed by atoms with E-state index in [2.05, 4.69) is 15.6 Å². The topological polar surface area (TPSA) is 118 Å². The summed E-state index contributed by atoms with van der Waals surface area (Å²) in [5.74, 6) is -0.743. The van der Waals surface area contributed by atoms with Crippen LogP contribution in [0.4, 0.5) is 5.69 Å². The Kier molecular flexibility index (Phi) is 6.74. The third-order valence-corrected chi connectivity index (χ3v) is 6.67. The lowest BCUT2D eigenvalue weighted by Gasteiger charge is -2.31. The second-order valence-corrected chi connectivity index (χ2v) is 8.89. The molecule has 9 heteroatoms. The normalized spacial score (nSPS) is 22.4. The van der Waals surface area contributed by atoms with Gasteiger partial charge in [-0.1, -0.05) is 31.4 Å². The number of piperidine rings is 1. The van der Waals surface area contributed by atoms with E-state index in [1.54, 1.807) is 18.0 Å². The Hall–Kier alpha value is -2.94. The molecule has 2 fully saturated rings. The van der Waals surface area contributed by atoms with Gasteiger partial charge in [0.2, 0.25) is 0 Å². The zero-order valence-corrected chi connectivity index (χ0v) is 18.5. The Morgan fingerprint density at radius 3 is 2.59 bits per heavy atom. The van der Waals surface area contributed by atoms with Crippen molar-refractivity contribution >= 4 is 29.0 Å². The Bertz CT molecular complexity index is 930. The van der Waals surface area contributed by atoms with Gasteiger partial charge in [0, 0.05) is 0 Å². The number of amides is 1. The number of anilines is 1. The number of rotatable bonds is 6. The quantitative estimate of drug-likeness (QED) is 0.461.